The predicted molar refractivity (Wildman–Crippen MR) is 211 cm³/mol. The van der Waals surface area contributed by atoms with E-state index in [2.05, 4.69) is 99.0 Å². The van der Waals surface area contributed by atoms with Crippen molar-refractivity contribution in [1.29, 1.82) is 0 Å². The van der Waals surface area contributed by atoms with E-state index in [1.54, 1.807) is 6.20 Å². The number of aldehydes is 1. The van der Waals surface area contributed by atoms with E-state index in [1.807, 2.05) is 93.8 Å². The summed E-state index contributed by atoms with van der Waals surface area (Å²) >= 11 is 0. The quantitative estimate of drug-likeness (QED) is 0.123. The average Bonchev–Trinajstić information content (AvgIpc) is 3.09. The molecule has 0 fully saturated rings. The van der Waals surface area contributed by atoms with Crippen LogP contribution in [0.5, 0.6) is 0 Å². The second-order valence-electron chi connectivity index (χ2n) is 14.6. The first-order valence-electron chi connectivity index (χ1n) is 17.1. The topological polar surface area (TPSA) is 74.3 Å². The van der Waals surface area contributed by atoms with Gasteiger partial charge in [-0.25, -0.2) is 0 Å². The maximum absolute atomic E-state index is 12.7. The van der Waals surface area contributed by atoms with Crippen molar-refractivity contribution in [3.63, 3.8) is 0 Å². The molecule has 1 amide bonds. The molecule has 0 radical (unpaired) electrons. The second kappa shape index (κ2) is 18.1. The lowest BCUT2D eigenvalue weighted by Gasteiger charge is -2.29. The third-order valence-corrected chi connectivity index (χ3v) is 7.86. The zero-order valence-electron chi connectivity index (χ0n) is 31.3. The minimum atomic E-state index is -0.133. The van der Waals surface area contributed by atoms with Crippen molar-refractivity contribution in [1.82, 2.24) is 15.6 Å². The first kappa shape index (κ1) is 39.4. The highest BCUT2D eigenvalue weighted by atomic mass is 16.1. The number of nitrogens with zero attached hydrogens (tertiary/aromatic N) is 2. The van der Waals surface area contributed by atoms with E-state index in [-0.39, 0.29) is 16.7 Å². The van der Waals surface area contributed by atoms with Crippen LogP contribution in [-0.2, 0) is 12.0 Å². The van der Waals surface area contributed by atoms with E-state index < -0.39 is 0 Å². The van der Waals surface area contributed by atoms with Gasteiger partial charge in [0.05, 0.1) is 0 Å². The molecule has 0 spiro atoms. The molecule has 1 aromatic heterocycles. The number of carbonyl (C=O) groups excluding carboxylic acids is 2. The van der Waals surface area contributed by atoms with Crippen LogP contribution in [0.15, 0.2) is 127 Å². The SMILES string of the molecule is C=C(C)/C(=C\C(=C/C)N(c1ccccc1)c1cc(C=O)cc(C(C)(C)C)c1)c1ccc(C(=O)NCC(C)(C)C)cc1.CNCc1cccnc1. The highest BCUT2D eigenvalue weighted by Gasteiger charge is 2.21. The molecule has 0 saturated carbocycles. The van der Waals surface area contributed by atoms with Crippen molar-refractivity contribution in [2.75, 3.05) is 18.5 Å². The highest BCUT2D eigenvalue weighted by Crippen LogP contribution is 2.36. The fourth-order valence-electron chi connectivity index (χ4n) is 5.12. The molecule has 50 heavy (non-hydrogen) atoms. The average molecular weight is 671 g/mol. The second-order valence-corrected chi connectivity index (χ2v) is 14.6. The lowest BCUT2D eigenvalue weighted by molar-refractivity contribution is 0.0939. The summed E-state index contributed by atoms with van der Waals surface area (Å²) in [7, 11) is 1.92. The Kier molecular flexibility index (Phi) is 14.2. The van der Waals surface area contributed by atoms with Crippen molar-refractivity contribution in [3.05, 3.63) is 155 Å². The van der Waals surface area contributed by atoms with Gasteiger partial charge < -0.3 is 15.5 Å². The molecule has 4 aromatic rings. The molecule has 0 aliphatic rings. The molecule has 0 unspecified atom stereocenters. The van der Waals surface area contributed by atoms with Gasteiger partial charge in [0.1, 0.15) is 6.29 Å². The van der Waals surface area contributed by atoms with Crippen LogP contribution in [0.25, 0.3) is 5.57 Å². The van der Waals surface area contributed by atoms with Crippen molar-refractivity contribution in [2.24, 2.45) is 5.41 Å². The van der Waals surface area contributed by atoms with Gasteiger partial charge in [0, 0.05) is 53.7 Å². The van der Waals surface area contributed by atoms with E-state index in [4.69, 9.17) is 0 Å². The number of para-hydroxylation sites is 1. The lowest BCUT2D eigenvalue weighted by atomic mass is 9.85. The standard InChI is InChI=1S/C37H44N2O2.C7H10N2/c1-10-31(23-34(26(2)3)28-16-18-29(19-17-28)35(41)38-25-36(4,5)6)39(32-14-12-11-13-15-32)33-21-27(24-40)20-30(22-33)37(7,8)9;1-8-5-7-3-2-4-9-6-7/h10-24H,2,25H2,1,3-9H3,(H,38,41);2-4,6,8H,5H2,1H3/b31-10+,34-23+;. The van der Waals surface area contributed by atoms with Gasteiger partial charge in [-0.1, -0.05) is 96.2 Å². The Morgan fingerprint density at radius 3 is 2.06 bits per heavy atom. The molecule has 0 atom stereocenters. The van der Waals surface area contributed by atoms with Gasteiger partial charge in [0.15, 0.2) is 0 Å². The van der Waals surface area contributed by atoms with Gasteiger partial charge in [-0.2, -0.15) is 0 Å². The maximum Gasteiger partial charge on any atom is 0.251 e. The van der Waals surface area contributed by atoms with Crippen LogP contribution in [0.4, 0.5) is 11.4 Å². The number of nitrogens with one attached hydrogen (secondary N) is 2. The van der Waals surface area contributed by atoms with Crippen molar-refractivity contribution in [2.45, 2.75) is 67.3 Å². The highest BCUT2D eigenvalue weighted by molar-refractivity contribution is 5.95. The normalized spacial score (nSPS) is 12.0. The summed E-state index contributed by atoms with van der Waals surface area (Å²) in [6, 6.07) is 27.8. The van der Waals surface area contributed by atoms with Crippen molar-refractivity contribution in [3.8, 4) is 0 Å². The zero-order chi connectivity index (χ0) is 36.9. The van der Waals surface area contributed by atoms with E-state index in [9.17, 15) is 9.59 Å². The summed E-state index contributed by atoms with van der Waals surface area (Å²) in [4.78, 5) is 30.8. The van der Waals surface area contributed by atoms with E-state index >= 15 is 0 Å². The van der Waals surface area contributed by atoms with Crippen LogP contribution >= 0.6 is 0 Å². The molecule has 0 bridgehead atoms. The Labute approximate surface area is 300 Å². The summed E-state index contributed by atoms with van der Waals surface area (Å²) in [6.07, 6.45) is 8.73. The molecule has 3 aromatic carbocycles. The number of rotatable bonds is 11. The molecule has 262 valence electrons. The monoisotopic (exact) mass is 670 g/mol. The zero-order valence-corrected chi connectivity index (χ0v) is 31.3. The van der Waals surface area contributed by atoms with Gasteiger partial charge >= 0.3 is 0 Å². The van der Waals surface area contributed by atoms with Crippen LogP contribution in [-0.4, -0.2) is 30.8 Å². The molecule has 0 aliphatic heterocycles. The third-order valence-electron chi connectivity index (χ3n) is 7.86. The van der Waals surface area contributed by atoms with Crippen LogP contribution in [0.1, 0.15) is 92.8 Å². The first-order chi connectivity index (χ1) is 23.7. The number of pyridine rings is 1. The number of benzene rings is 3. The molecule has 6 heteroatoms. The van der Waals surface area contributed by atoms with Crippen LogP contribution in [0, 0.1) is 5.41 Å². The fraction of sp³-hybridized carbons (Fsp3) is 0.295. The van der Waals surface area contributed by atoms with Gasteiger partial charge in [0.25, 0.3) is 5.91 Å². The van der Waals surface area contributed by atoms with Crippen LogP contribution in [0.3, 0.4) is 0 Å². The fourth-order valence-corrected chi connectivity index (χ4v) is 5.12. The summed E-state index contributed by atoms with van der Waals surface area (Å²) in [5.74, 6) is -0.0820. The molecule has 1 heterocycles. The van der Waals surface area contributed by atoms with Gasteiger partial charge in [-0.3, -0.25) is 14.6 Å². The lowest BCUT2D eigenvalue weighted by Crippen LogP contribution is -2.32. The minimum absolute atomic E-state index is 0.0118. The summed E-state index contributed by atoms with van der Waals surface area (Å²) in [5.41, 5.74) is 9.08. The van der Waals surface area contributed by atoms with E-state index in [1.165, 1.54) is 5.56 Å². The third kappa shape index (κ3) is 11.8. The molecule has 0 saturated heterocycles. The molecular weight excluding hydrogens is 617 g/mol. The summed E-state index contributed by atoms with van der Waals surface area (Å²) < 4.78 is 0. The number of hydrogen-bond donors (Lipinski definition) is 2. The largest absolute Gasteiger partial charge is 0.352 e. The Bertz CT molecular complexity index is 1780. The van der Waals surface area contributed by atoms with Crippen molar-refractivity contribution >= 4 is 29.1 Å². The van der Waals surface area contributed by atoms with Gasteiger partial charge in [0.2, 0.25) is 0 Å². The summed E-state index contributed by atoms with van der Waals surface area (Å²) in [6.45, 7) is 22.5. The number of carbonyl (C=O) groups is 2. The number of anilines is 2. The molecule has 4 rings (SSSR count). The maximum atomic E-state index is 12.7. The van der Waals surface area contributed by atoms with Crippen LogP contribution < -0.4 is 15.5 Å². The number of amides is 1. The van der Waals surface area contributed by atoms with Crippen LogP contribution in [0.2, 0.25) is 0 Å². The Hall–Kier alpha value is -5.07. The molecule has 6 nitrogen and oxygen atoms in total. The van der Waals surface area contributed by atoms with E-state index in [0.717, 1.165) is 52.2 Å². The molecule has 0 aliphatic carbocycles. The molecule has 2 N–H and O–H groups in total. The number of hydrogen-bond acceptors (Lipinski definition) is 5. The summed E-state index contributed by atoms with van der Waals surface area (Å²) in [5, 5.41) is 6.06. The van der Waals surface area contributed by atoms with Crippen molar-refractivity contribution < 1.29 is 9.59 Å². The van der Waals surface area contributed by atoms with E-state index in [0.29, 0.717) is 17.7 Å². The van der Waals surface area contributed by atoms with Gasteiger partial charge in [-0.05, 0) is 109 Å². The Morgan fingerprint density at radius 2 is 1.54 bits per heavy atom. The smallest absolute Gasteiger partial charge is 0.251 e. The minimum Gasteiger partial charge on any atom is -0.352 e. The Balaban J connectivity index is 0.000000650. The predicted octanol–water partition coefficient (Wildman–Crippen LogP) is 10.1. The van der Waals surface area contributed by atoms with Gasteiger partial charge in [-0.15, -0.1) is 0 Å². The Morgan fingerprint density at radius 1 is 0.880 bits per heavy atom. The number of allylic oxidation sites excluding steroid dienone is 4. The molecular formula is C44H54N4O2. The number of aromatic nitrogens is 1. The first-order valence-corrected chi connectivity index (χ1v) is 17.1.